The summed E-state index contributed by atoms with van der Waals surface area (Å²) < 4.78 is 12.2. The van der Waals surface area contributed by atoms with Gasteiger partial charge in [-0.3, -0.25) is 15.0 Å². The lowest BCUT2D eigenvalue weighted by Gasteiger charge is -2.31. The maximum absolute atomic E-state index is 12.7. The highest BCUT2D eigenvalue weighted by atomic mass is 32.1. The van der Waals surface area contributed by atoms with Gasteiger partial charge < -0.3 is 9.47 Å². The molecule has 1 N–H and O–H groups in total. The molecule has 0 saturated carbocycles. The number of hydrogen-bond acceptors (Lipinski definition) is 6. The van der Waals surface area contributed by atoms with Crippen molar-refractivity contribution in [3.05, 3.63) is 54.1 Å². The van der Waals surface area contributed by atoms with Gasteiger partial charge in [0.15, 0.2) is 5.13 Å². The fraction of sp³-hybridized carbons (Fsp3) is 0.333. The highest BCUT2D eigenvalue weighted by Gasteiger charge is 2.27. The van der Waals surface area contributed by atoms with E-state index in [-0.39, 0.29) is 5.91 Å². The predicted octanol–water partition coefficient (Wildman–Crippen LogP) is 3.53. The quantitative estimate of drug-likeness (QED) is 0.689. The number of morpholine rings is 1. The number of nitrogens with one attached hydrogen (secondary N) is 1. The zero-order valence-corrected chi connectivity index (χ0v) is 16.6. The molecule has 4 rings (SSSR count). The topological polar surface area (TPSA) is 63.7 Å². The van der Waals surface area contributed by atoms with Crippen LogP contribution in [0.1, 0.15) is 12.5 Å². The molecule has 3 aromatic rings. The van der Waals surface area contributed by atoms with Crippen LogP contribution in [-0.2, 0) is 16.1 Å². The largest absolute Gasteiger partial charge is 0.494 e. The number of amides is 1. The van der Waals surface area contributed by atoms with Crippen LogP contribution >= 0.6 is 11.3 Å². The molecule has 0 radical (unpaired) electrons. The minimum atomic E-state index is -0.497. The van der Waals surface area contributed by atoms with Crippen molar-refractivity contribution < 1.29 is 14.3 Å². The van der Waals surface area contributed by atoms with Gasteiger partial charge in [-0.25, -0.2) is 4.98 Å². The van der Waals surface area contributed by atoms with E-state index < -0.39 is 6.10 Å². The summed E-state index contributed by atoms with van der Waals surface area (Å²) in [5.41, 5.74) is 2.08. The van der Waals surface area contributed by atoms with Crippen LogP contribution in [0.15, 0.2) is 48.5 Å². The predicted molar refractivity (Wildman–Crippen MR) is 111 cm³/mol. The zero-order valence-electron chi connectivity index (χ0n) is 15.8. The standard InChI is InChI=1S/C21H23N3O3S/c1-2-26-16-8-9-17-19(12-16)28-21(22-17)23-20(25)18-14-24(10-11-27-18)13-15-6-4-3-5-7-15/h3-9,12,18H,2,10-11,13-14H2,1H3,(H,22,23,25). The molecule has 1 amide bonds. The molecular formula is C21H23N3O3S. The number of carbonyl (C=O) groups is 1. The SMILES string of the molecule is CCOc1ccc2nc(NC(=O)C3CN(Cc4ccccc4)CCO3)sc2c1. The number of hydrogen-bond donors (Lipinski definition) is 1. The summed E-state index contributed by atoms with van der Waals surface area (Å²) in [6.45, 7) is 5.32. The summed E-state index contributed by atoms with van der Waals surface area (Å²) in [6, 6.07) is 16.0. The summed E-state index contributed by atoms with van der Waals surface area (Å²) in [5, 5.41) is 3.49. The molecule has 7 heteroatoms. The Labute approximate surface area is 168 Å². The molecule has 0 bridgehead atoms. The second-order valence-corrected chi connectivity index (χ2v) is 7.68. The molecule has 1 fully saturated rings. The first-order valence-electron chi connectivity index (χ1n) is 9.43. The lowest BCUT2D eigenvalue weighted by atomic mass is 10.2. The molecule has 6 nitrogen and oxygen atoms in total. The number of ether oxygens (including phenoxy) is 2. The number of thiazole rings is 1. The van der Waals surface area contributed by atoms with Crippen molar-refractivity contribution in [1.82, 2.24) is 9.88 Å². The molecular weight excluding hydrogens is 374 g/mol. The molecule has 146 valence electrons. The minimum Gasteiger partial charge on any atom is -0.494 e. The number of nitrogens with zero attached hydrogens (tertiary/aromatic N) is 2. The van der Waals surface area contributed by atoms with Gasteiger partial charge in [0.05, 0.1) is 23.4 Å². The van der Waals surface area contributed by atoms with E-state index in [2.05, 4.69) is 27.3 Å². The summed E-state index contributed by atoms with van der Waals surface area (Å²) in [7, 11) is 0. The number of aromatic nitrogens is 1. The Kier molecular flexibility index (Phi) is 5.85. The monoisotopic (exact) mass is 397 g/mol. The van der Waals surface area contributed by atoms with E-state index in [1.807, 2.05) is 43.3 Å². The van der Waals surface area contributed by atoms with E-state index in [0.29, 0.717) is 24.9 Å². The van der Waals surface area contributed by atoms with Crippen molar-refractivity contribution in [2.45, 2.75) is 19.6 Å². The molecule has 1 aliphatic heterocycles. The van der Waals surface area contributed by atoms with Crippen molar-refractivity contribution in [1.29, 1.82) is 0 Å². The Morgan fingerprint density at radius 1 is 1.32 bits per heavy atom. The molecule has 1 atom stereocenters. The zero-order chi connectivity index (χ0) is 19.3. The molecule has 28 heavy (non-hydrogen) atoms. The van der Waals surface area contributed by atoms with Gasteiger partial charge in [-0.1, -0.05) is 41.7 Å². The number of benzene rings is 2. The van der Waals surface area contributed by atoms with Crippen molar-refractivity contribution in [2.24, 2.45) is 0 Å². The van der Waals surface area contributed by atoms with Crippen LogP contribution in [0.2, 0.25) is 0 Å². The van der Waals surface area contributed by atoms with Crippen molar-refractivity contribution >= 4 is 32.6 Å². The first kappa shape index (κ1) is 18.9. The Morgan fingerprint density at radius 2 is 2.18 bits per heavy atom. The Balaban J connectivity index is 1.39. The fourth-order valence-corrected chi connectivity index (χ4v) is 4.14. The van der Waals surface area contributed by atoms with Crippen LogP contribution in [0.25, 0.3) is 10.2 Å². The number of anilines is 1. The first-order valence-corrected chi connectivity index (χ1v) is 10.2. The summed E-state index contributed by atoms with van der Waals surface area (Å²) in [6.07, 6.45) is -0.497. The van der Waals surface area contributed by atoms with Gasteiger partial charge in [-0.15, -0.1) is 0 Å². The molecule has 0 spiro atoms. The van der Waals surface area contributed by atoms with E-state index in [1.54, 1.807) is 0 Å². The fourth-order valence-electron chi connectivity index (χ4n) is 3.25. The maximum Gasteiger partial charge on any atom is 0.256 e. The third-order valence-corrected chi connectivity index (χ3v) is 5.53. The molecule has 2 aromatic carbocycles. The summed E-state index contributed by atoms with van der Waals surface area (Å²) >= 11 is 1.44. The lowest BCUT2D eigenvalue weighted by Crippen LogP contribution is -2.47. The second kappa shape index (κ2) is 8.68. The van der Waals surface area contributed by atoms with Gasteiger partial charge >= 0.3 is 0 Å². The minimum absolute atomic E-state index is 0.151. The van der Waals surface area contributed by atoms with E-state index >= 15 is 0 Å². The summed E-state index contributed by atoms with van der Waals surface area (Å²) in [4.78, 5) is 19.4. The van der Waals surface area contributed by atoms with Gasteiger partial charge in [0.25, 0.3) is 5.91 Å². The number of carbonyl (C=O) groups excluding carboxylic acids is 1. The smallest absolute Gasteiger partial charge is 0.256 e. The first-order chi connectivity index (χ1) is 13.7. The summed E-state index contributed by atoms with van der Waals surface area (Å²) in [5.74, 6) is 0.658. The number of rotatable bonds is 6. The average molecular weight is 398 g/mol. The van der Waals surface area contributed by atoms with Gasteiger partial charge in [0.2, 0.25) is 0 Å². The number of fused-ring (bicyclic) bond motifs is 1. The second-order valence-electron chi connectivity index (χ2n) is 6.65. The van der Waals surface area contributed by atoms with Crippen LogP contribution in [0.3, 0.4) is 0 Å². The van der Waals surface area contributed by atoms with Crippen LogP contribution in [0.5, 0.6) is 5.75 Å². The maximum atomic E-state index is 12.7. The van der Waals surface area contributed by atoms with Gasteiger partial charge in [0.1, 0.15) is 11.9 Å². The average Bonchev–Trinajstić information content (AvgIpc) is 3.11. The van der Waals surface area contributed by atoms with Crippen LogP contribution in [0.4, 0.5) is 5.13 Å². The highest BCUT2D eigenvalue weighted by molar-refractivity contribution is 7.22. The van der Waals surface area contributed by atoms with E-state index in [0.717, 1.165) is 29.1 Å². The van der Waals surface area contributed by atoms with Crippen molar-refractivity contribution in [2.75, 3.05) is 31.6 Å². The van der Waals surface area contributed by atoms with E-state index in [1.165, 1.54) is 16.9 Å². The van der Waals surface area contributed by atoms with Crippen LogP contribution < -0.4 is 10.1 Å². The van der Waals surface area contributed by atoms with Gasteiger partial charge in [0, 0.05) is 19.6 Å². The Hall–Kier alpha value is -2.48. The normalized spacial score (nSPS) is 17.5. The van der Waals surface area contributed by atoms with Crippen molar-refractivity contribution in [3.63, 3.8) is 0 Å². The van der Waals surface area contributed by atoms with E-state index in [9.17, 15) is 4.79 Å². The lowest BCUT2D eigenvalue weighted by molar-refractivity contribution is -0.133. The van der Waals surface area contributed by atoms with Crippen molar-refractivity contribution in [3.8, 4) is 5.75 Å². The molecule has 1 aromatic heterocycles. The molecule has 0 aliphatic carbocycles. The Bertz CT molecular complexity index is 944. The third-order valence-electron chi connectivity index (χ3n) is 4.59. The highest BCUT2D eigenvalue weighted by Crippen LogP contribution is 2.29. The van der Waals surface area contributed by atoms with Gasteiger partial charge in [-0.2, -0.15) is 0 Å². The Morgan fingerprint density at radius 3 is 3.00 bits per heavy atom. The molecule has 1 aliphatic rings. The van der Waals surface area contributed by atoms with Crippen LogP contribution in [0, 0.1) is 0 Å². The van der Waals surface area contributed by atoms with Crippen LogP contribution in [-0.4, -0.2) is 48.2 Å². The van der Waals surface area contributed by atoms with E-state index in [4.69, 9.17) is 9.47 Å². The third kappa shape index (κ3) is 4.49. The molecule has 2 heterocycles. The molecule has 1 saturated heterocycles. The van der Waals surface area contributed by atoms with Gasteiger partial charge in [-0.05, 0) is 30.7 Å². The molecule has 1 unspecified atom stereocenters.